The summed E-state index contributed by atoms with van der Waals surface area (Å²) in [7, 11) is 0. The number of nitrogens with zero attached hydrogens (tertiary/aromatic N) is 1. The second-order valence-electron chi connectivity index (χ2n) is 6.16. The molecule has 1 aromatic heterocycles. The van der Waals surface area contributed by atoms with Crippen LogP contribution in [0.15, 0.2) is 41.0 Å². The molecule has 2 rings (SSSR count). The quantitative estimate of drug-likeness (QED) is 0.717. The van der Waals surface area contributed by atoms with E-state index in [9.17, 15) is 4.79 Å². The number of hydrogen-bond acceptors (Lipinski definition) is 4. The van der Waals surface area contributed by atoms with Crippen molar-refractivity contribution < 1.29 is 13.9 Å². The van der Waals surface area contributed by atoms with E-state index in [0.29, 0.717) is 18.9 Å². The Hall–Kier alpha value is -2.10. The third-order valence-electron chi connectivity index (χ3n) is 3.56. The number of carbonyl (C=O) groups excluding carboxylic acids is 1. The fourth-order valence-electron chi connectivity index (χ4n) is 2.29. The molecule has 2 aromatic rings. The zero-order valence-electron chi connectivity index (χ0n) is 13.5. The van der Waals surface area contributed by atoms with Crippen molar-refractivity contribution in [2.75, 3.05) is 6.61 Å². The predicted molar refractivity (Wildman–Crippen MR) is 85.3 cm³/mol. The van der Waals surface area contributed by atoms with Crippen LogP contribution in [0.4, 0.5) is 0 Å². The highest BCUT2D eigenvalue weighted by atomic mass is 16.5. The molecule has 0 unspecified atom stereocenters. The normalized spacial score (nSPS) is 11.4. The van der Waals surface area contributed by atoms with Crippen LogP contribution < -0.4 is 0 Å². The summed E-state index contributed by atoms with van der Waals surface area (Å²) in [4.78, 5) is 16.1. The lowest BCUT2D eigenvalue weighted by molar-refractivity contribution is -0.145. The maximum atomic E-state index is 11.6. The molecular formula is C18H23NO3. The molecule has 0 atom stereocenters. The van der Waals surface area contributed by atoms with Gasteiger partial charge in [-0.1, -0.05) is 32.0 Å². The number of esters is 1. The van der Waals surface area contributed by atoms with Crippen molar-refractivity contribution in [1.82, 2.24) is 4.98 Å². The summed E-state index contributed by atoms with van der Waals surface area (Å²) in [6, 6.07) is 9.83. The van der Waals surface area contributed by atoms with E-state index in [2.05, 4.69) is 18.8 Å². The van der Waals surface area contributed by atoms with Crippen molar-refractivity contribution >= 4 is 5.97 Å². The van der Waals surface area contributed by atoms with Gasteiger partial charge >= 0.3 is 5.97 Å². The molecule has 22 heavy (non-hydrogen) atoms. The summed E-state index contributed by atoms with van der Waals surface area (Å²) >= 11 is 0. The smallest absolute Gasteiger partial charge is 0.306 e. The van der Waals surface area contributed by atoms with Gasteiger partial charge in [0, 0.05) is 5.56 Å². The topological polar surface area (TPSA) is 52.3 Å². The average molecular weight is 301 g/mol. The Morgan fingerprint density at radius 1 is 1.27 bits per heavy atom. The van der Waals surface area contributed by atoms with E-state index in [1.165, 1.54) is 0 Å². The SMILES string of the molecule is CCOC(=O)CC(C)(C)CCc1coc(-c2ccccc2)n1. The predicted octanol–water partition coefficient (Wildman–Crippen LogP) is 4.25. The first-order valence-electron chi connectivity index (χ1n) is 7.65. The monoisotopic (exact) mass is 301 g/mol. The van der Waals surface area contributed by atoms with Crippen molar-refractivity contribution in [2.45, 2.75) is 40.0 Å². The second-order valence-corrected chi connectivity index (χ2v) is 6.16. The van der Waals surface area contributed by atoms with Crippen LogP contribution in [0.5, 0.6) is 0 Å². The maximum Gasteiger partial charge on any atom is 0.306 e. The highest BCUT2D eigenvalue weighted by Gasteiger charge is 2.23. The molecule has 0 aliphatic heterocycles. The summed E-state index contributed by atoms with van der Waals surface area (Å²) < 4.78 is 10.6. The summed E-state index contributed by atoms with van der Waals surface area (Å²) in [5.74, 6) is 0.497. The van der Waals surface area contributed by atoms with Gasteiger partial charge in [0.25, 0.3) is 0 Å². The summed E-state index contributed by atoms with van der Waals surface area (Å²) in [6.45, 7) is 6.40. The Morgan fingerprint density at radius 3 is 2.68 bits per heavy atom. The number of aryl methyl sites for hydroxylation is 1. The molecule has 1 aromatic carbocycles. The minimum Gasteiger partial charge on any atom is -0.466 e. The van der Waals surface area contributed by atoms with Crippen molar-refractivity contribution in [2.24, 2.45) is 5.41 Å². The highest BCUT2D eigenvalue weighted by Crippen LogP contribution is 2.28. The van der Waals surface area contributed by atoms with Crippen LogP contribution in [0.1, 0.15) is 39.3 Å². The molecule has 4 heteroatoms. The number of rotatable bonds is 7. The third kappa shape index (κ3) is 4.72. The Kier molecular flexibility index (Phi) is 5.36. The van der Waals surface area contributed by atoms with E-state index >= 15 is 0 Å². The molecule has 0 radical (unpaired) electrons. The summed E-state index contributed by atoms with van der Waals surface area (Å²) in [6.07, 6.45) is 3.75. The molecule has 0 spiro atoms. The van der Waals surface area contributed by atoms with Crippen molar-refractivity contribution in [3.05, 3.63) is 42.3 Å². The van der Waals surface area contributed by atoms with Crippen LogP contribution in [0.3, 0.4) is 0 Å². The van der Waals surface area contributed by atoms with Gasteiger partial charge in [-0.15, -0.1) is 0 Å². The zero-order valence-corrected chi connectivity index (χ0v) is 13.5. The molecule has 0 amide bonds. The lowest BCUT2D eigenvalue weighted by Crippen LogP contribution is -2.19. The number of benzene rings is 1. The number of oxazole rings is 1. The molecule has 0 aliphatic carbocycles. The van der Waals surface area contributed by atoms with Gasteiger partial charge in [0.2, 0.25) is 5.89 Å². The molecule has 0 saturated heterocycles. The van der Waals surface area contributed by atoms with Gasteiger partial charge in [0.15, 0.2) is 0 Å². The molecular weight excluding hydrogens is 278 g/mol. The largest absolute Gasteiger partial charge is 0.466 e. The number of aromatic nitrogens is 1. The van der Waals surface area contributed by atoms with E-state index in [4.69, 9.17) is 9.15 Å². The maximum absolute atomic E-state index is 11.6. The van der Waals surface area contributed by atoms with Crippen LogP contribution in [0.25, 0.3) is 11.5 Å². The first-order valence-corrected chi connectivity index (χ1v) is 7.65. The van der Waals surface area contributed by atoms with Crippen molar-refractivity contribution in [3.63, 3.8) is 0 Å². The molecule has 0 N–H and O–H groups in total. The third-order valence-corrected chi connectivity index (χ3v) is 3.56. The standard InChI is InChI=1S/C18H23NO3/c1-4-21-16(20)12-18(2,3)11-10-15-13-22-17(19-15)14-8-6-5-7-9-14/h5-9,13H,4,10-12H2,1-3H3. The minimum atomic E-state index is -0.141. The van der Waals surface area contributed by atoms with Crippen LogP contribution in [-0.2, 0) is 16.0 Å². The fourth-order valence-corrected chi connectivity index (χ4v) is 2.29. The number of ether oxygens (including phenoxy) is 1. The Labute approximate surface area is 131 Å². The van der Waals surface area contributed by atoms with Crippen LogP contribution in [0.2, 0.25) is 0 Å². The lowest BCUT2D eigenvalue weighted by atomic mass is 9.84. The van der Waals surface area contributed by atoms with E-state index in [1.54, 1.807) is 6.26 Å². The first-order chi connectivity index (χ1) is 10.5. The van der Waals surface area contributed by atoms with Crippen molar-refractivity contribution in [1.29, 1.82) is 0 Å². The van der Waals surface area contributed by atoms with E-state index in [1.807, 2.05) is 37.3 Å². The number of hydrogen-bond donors (Lipinski definition) is 0. The molecule has 0 aliphatic rings. The van der Waals surface area contributed by atoms with Gasteiger partial charge in [0.1, 0.15) is 6.26 Å². The molecule has 0 saturated carbocycles. The van der Waals surface area contributed by atoms with E-state index < -0.39 is 0 Å². The van der Waals surface area contributed by atoms with Crippen molar-refractivity contribution in [3.8, 4) is 11.5 Å². The van der Waals surface area contributed by atoms with Gasteiger partial charge in [-0.3, -0.25) is 4.79 Å². The van der Waals surface area contributed by atoms with Crippen LogP contribution in [-0.4, -0.2) is 17.6 Å². The van der Waals surface area contributed by atoms with Gasteiger partial charge in [-0.2, -0.15) is 0 Å². The average Bonchev–Trinajstić information content (AvgIpc) is 2.95. The minimum absolute atomic E-state index is 0.113. The van der Waals surface area contributed by atoms with Crippen LogP contribution >= 0.6 is 0 Å². The second kappa shape index (κ2) is 7.25. The first kappa shape index (κ1) is 16.3. The molecule has 118 valence electrons. The summed E-state index contributed by atoms with van der Waals surface area (Å²) in [5, 5.41) is 0. The molecule has 1 heterocycles. The Morgan fingerprint density at radius 2 is 2.00 bits per heavy atom. The zero-order chi connectivity index (χ0) is 16.0. The molecule has 4 nitrogen and oxygen atoms in total. The Bertz CT molecular complexity index is 602. The van der Waals surface area contributed by atoms with E-state index in [-0.39, 0.29) is 11.4 Å². The van der Waals surface area contributed by atoms with Gasteiger partial charge < -0.3 is 9.15 Å². The molecule has 0 fully saturated rings. The molecule has 0 bridgehead atoms. The Balaban J connectivity index is 1.92. The number of carbonyl (C=O) groups is 1. The lowest BCUT2D eigenvalue weighted by Gasteiger charge is -2.22. The van der Waals surface area contributed by atoms with Gasteiger partial charge in [0.05, 0.1) is 18.7 Å². The summed E-state index contributed by atoms with van der Waals surface area (Å²) in [5.41, 5.74) is 1.77. The van der Waals surface area contributed by atoms with Gasteiger partial charge in [-0.05, 0) is 37.3 Å². The highest BCUT2D eigenvalue weighted by molar-refractivity contribution is 5.70. The van der Waals surface area contributed by atoms with Gasteiger partial charge in [-0.25, -0.2) is 4.98 Å². The fraction of sp³-hybridized carbons (Fsp3) is 0.444. The van der Waals surface area contributed by atoms with Crippen LogP contribution in [0, 0.1) is 5.41 Å². The van der Waals surface area contributed by atoms with E-state index in [0.717, 1.165) is 24.1 Å².